The second kappa shape index (κ2) is 7.06. The Labute approximate surface area is 134 Å². The molecule has 1 aromatic heterocycles. The highest BCUT2D eigenvalue weighted by Crippen LogP contribution is 2.16. The Bertz CT molecular complexity index is 652. The van der Waals surface area contributed by atoms with Gasteiger partial charge in [0.15, 0.2) is 11.5 Å². The van der Waals surface area contributed by atoms with Crippen molar-refractivity contribution in [3.63, 3.8) is 0 Å². The van der Waals surface area contributed by atoms with Crippen molar-refractivity contribution in [2.24, 2.45) is 0 Å². The van der Waals surface area contributed by atoms with Crippen LogP contribution in [-0.4, -0.2) is 49.5 Å². The van der Waals surface area contributed by atoms with E-state index >= 15 is 0 Å². The number of carbonyl (C=O) groups is 1. The summed E-state index contributed by atoms with van der Waals surface area (Å²) in [5, 5.41) is 10.9. The maximum absolute atomic E-state index is 12.2. The van der Waals surface area contributed by atoms with Crippen LogP contribution < -0.4 is 15.0 Å². The third-order valence-corrected chi connectivity index (χ3v) is 3.57. The fourth-order valence-electron chi connectivity index (χ4n) is 2.28. The maximum atomic E-state index is 12.2. The Morgan fingerprint density at radius 2 is 1.87 bits per heavy atom. The van der Waals surface area contributed by atoms with Crippen molar-refractivity contribution < 1.29 is 14.3 Å². The number of ether oxygens (including phenoxy) is 2. The lowest BCUT2D eigenvalue weighted by Gasteiger charge is -2.27. The molecular formula is C16H18N4O3. The molecule has 0 aliphatic carbocycles. The normalized spacial score (nSPS) is 14.4. The molecule has 1 aliphatic heterocycles. The van der Waals surface area contributed by atoms with Gasteiger partial charge in [-0.2, -0.15) is 0 Å². The topological polar surface area (TPSA) is 76.6 Å². The van der Waals surface area contributed by atoms with E-state index in [0.29, 0.717) is 18.9 Å². The number of amides is 1. The van der Waals surface area contributed by atoms with Crippen LogP contribution in [0.2, 0.25) is 0 Å². The molecule has 120 valence electrons. The zero-order chi connectivity index (χ0) is 16.1. The van der Waals surface area contributed by atoms with Crippen molar-refractivity contribution in [2.45, 2.75) is 0 Å². The molecule has 1 N–H and O–H groups in total. The molecule has 0 bridgehead atoms. The maximum Gasteiger partial charge on any atom is 0.276 e. The molecule has 1 amide bonds. The van der Waals surface area contributed by atoms with E-state index in [4.69, 9.17) is 9.47 Å². The van der Waals surface area contributed by atoms with Crippen molar-refractivity contribution in [3.05, 3.63) is 42.1 Å². The molecule has 0 saturated carbocycles. The van der Waals surface area contributed by atoms with Crippen LogP contribution in [0, 0.1) is 0 Å². The van der Waals surface area contributed by atoms with Gasteiger partial charge in [-0.15, -0.1) is 10.2 Å². The van der Waals surface area contributed by atoms with Crippen molar-refractivity contribution in [1.29, 1.82) is 0 Å². The molecule has 2 heterocycles. The second-order valence-corrected chi connectivity index (χ2v) is 5.06. The molecular weight excluding hydrogens is 296 g/mol. The molecule has 0 radical (unpaired) electrons. The standard InChI is InChI=1S/C16H18N4O3/c1-22-13-4-2-12(3-5-13)17-16(21)14-6-7-15(19-18-14)20-8-10-23-11-9-20/h2-7H,8-11H2,1H3,(H,17,21). The first kappa shape index (κ1) is 15.2. The van der Waals surface area contributed by atoms with Crippen molar-refractivity contribution >= 4 is 17.4 Å². The van der Waals surface area contributed by atoms with Gasteiger partial charge in [0.2, 0.25) is 0 Å². The quantitative estimate of drug-likeness (QED) is 0.923. The summed E-state index contributed by atoms with van der Waals surface area (Å²) in [4.78, 5) is 14.3. The molecule has 3 rings (SSSR count). The Hall–Kier alpha value is -2.67. The van der Waals surface area contributed by atoms with Crippen LogP contribution in [-0.2, 0) is 4.74 Å². The number of rotatable bonds is 4. The van der Waals surface area contributed by atoms with E-state index in [2.05, 4.69) is 20.4 Å². The largest absolute Gasteiger partial charge is 0.497 e. The summed E-state index contributed by atoms with van der Waals surface area (Å²) in [6.45, 7) is 2.93. The SMILES string of the molecule is COc1ccc(NC(=O)c2ccc(N3CCOCC3)nn2)cc1. The lowest BCUT2D eigenvalue weighted by atomic mass is 10.3. The van der Waals surface area contributed by atoms with E-state index in [0.717, 1.165) is 24.7 Å². The number of hydrogen-bond donors (Lipinski definition) is 1. The van der Waals surface area contributed by atoms with Crippen LogP contribution in [0.1, 0.15) is 10.5 Å². The summed E-state index contributed by atoms with van der Waals surface area (Å²) >= 11 is 0. The first-order valence-corrected chi connectivity index (χ1v) is 7.38. The zero-order valence-electron chi connectivity index (χ0n) is 12.9. The lowest BCUT2D eigenvalue weighted by molar-refractivity contribution is 0.102. The average Bonchev–Trinajstić information content (AvgIpc) is 2.63. The van der Waals surface area contributed by atoms with Gasteiger partial charge in [-0.25, -0.2) is 0 Å². The summed E-state index contributed by atoms with van der Waals surface area (Å²) in [6.07, 6.45) is 0. The monoisotopic (exact) mass is 314 g/mol. The van der Waals surface area contributed by atoms with Crippen LogP contribution in [0.4, 0.5) is 11.5 Å². The number of hydrogen-bond acceptors (Lipinski definition) is 6. The van der Waals surface area contributed by atoms with Crippen LogP contribution in [0.5, 0.6) is 5.75 Å². The minimum Gasteiger partial charge on any atom is -0.497 e. The minimum absolute atomic E-state index is 0.276. The number of nitrogens with zero attached hydrogens (tertiary/aromatic N) is 3. The van der Waals surface area contributed by atoms with E-state index in [1.165, 1.54) is 0 Å². The highest BCUT2D eigenvalue weighted by atomic mass is 16.5. The van der Waals surface area contributed by atoms with Gasteiger partial charge in [0.25, 0.3) is 5.91 Å². The van der Waals surface area contributed by atoms with Crippen molar-refractivity contribution in [1.82, 2.24) is 10.2 Å². The number of morpholine rings is 1. The number of benzene rings is 1. The Balaban J connectivity index is 1.64. The molecule has 0 atom stereocenters. The molecule has 1 aliphatic rings. The second-order valence-electron chi connectivity index (χ2n) is 5.06. The molecule has 0 unspecified atom stereocenters. The van der Waals surface area contributed by atoms with Gasteiger partial charge in [-0.1, -0.05) is 0 Å². The molecule has 1 aromatic carbocycles. The third-order valence-electron chi connectivity index (χ3n) is 3.57. The summed E-state index contributed by atoms with van der Waals surface area (Å²) in [5.41, 5.74) is 0.952. The van der Waals surface area contributed by atoms with Crippen LogP contribution >= 0.6 is 0 Å². The lowest BCUT2D eigenvalue weighted by Crippen LogP contribution is -2.37. The predicted octanol–water partition coefficient (Wildman–Crippen LogP) is 1.57. The predicted molar refractivity (Wildman–Crippen MR) is 86.0 cm³/mol. The first-order valence-electron chi connectivity index (χ1n) is 7.38. The van der Waals surface area contributed by atoms with Gasteiger partial charge in [0.1, 0.15) is 5.75 Å². The molecule has 7 nitrogen and oxygen atoms in total. The minimum atomic E-state index is -0.295. The summed E-state index contributed by atoms with van der Waals surface area (Å²) in [6, 6.07) is 10.6. The van der Waals surface area contributed by atoms with Gasteiger partial charge in [-0.3, -0.25) is 4.79 Å². The van der Waals surface area contributed by atoms with Gasteiger partial charge in [0, 0.05) is 18.8 Å². The van der Waals surface area contributed by atoms with Crippen LogP contribution in [0.3, 0.4) is 0 Å². The average molecular weight is 314 g/mol. The fourth-order valence-corrected chi connectivity index (χ4v) is 2.28. The molecule has 7 heteroatoms. The van der Waals surface area contributed by atoms with Gasteiger partial charge >= 0.3 is 0 Å². The number of aromatic nitrogens is 2. The number of carbonyl (C=O) groups excluding carboxylic acids is 1. The Kier molecular flexibility index (Phi) is 4.68. The fraction of sp³-hybridized carbons (Fsp3) is 0.312. The summed E-state index contributed by atoms with van der Waals surface area (Å²) in [5.74, 6) is 1.20. The van der Waals surface area contributed by atoms with Crippen LogP contribution in [0.25, 0.3) is 0 Å². The zero-order valence-corrected chi connectivity index (χ0v) is 12.9. The summed E-state index contributed by atoms with van der Waals surface area (Å²) in [7, 11) is 1.60. The highest BCUT2D eigenvalue weighted by molar-refractivity contribution is 6.02. The third kappa shape index (κ3) is 3.75. The van der Waals surface area contributed by atoms with E-state index in [1.54, 1.807) is 43.5 Å². The van der Waals surface area contributed by atoms with Gasteiger partial charge in [-0.05, 0) is 36.4 Å². The van der Waals surface area contributed by atoms with Gasteiger partial charge in [0.05, 0.1) is 20.3 Å². The van der Waals surface area contributed by atoms with Crippen molar-refractivity contribution in [2.75, 3.05) is 43.6 Å². The molecule has 1 fully saturated rings. The highest BCUT2D eigenvalue weighted by Gasteiger charge is 2.14. The number of anilines is 2. The van der Waals surface area contributed by atoms with E-state index in [9.17, 15) is 4.79 Å². The summed E-state index contributed by atoms with van der Waals surface area (Å²) < 4.78 is 10.4. The smallest absolute Gasteiger partial charge is 0.276 e. The van der Waals surface area contributed by atoms with Crippen molar-refractivity contribution in [3.8, 4) is 5.75 Å². The Morgan fingerprint density at radius 3 is 2.48 bits per heavy atom. The van der Waals surface area contributed by atoms with E-state index in [1.807, 2.05) is 0 Å². The number of methoxy groups -OCH3 is 1. The first-order chi connectivity index (χ1) is 11.3. The molecule has 23 heavy (non-hydrogen) atoms. The van der Waals surface area contributed by atoms with E-state index < -0.39 is 0 Å². The van der Waals surface area contributed by atoms with Crippen LogP contribution in [0.15, 0.2) is 36.4 Å². The van der Waals surface area contributed by atoms with Gasteiger partial charge < -0.3 is 19.7 Å². The number of nitrogens with one attached hydrogen (secondary N) is 1. The molecule has 0 spiro atoms. The molecule has 2 aromatic rings. The molecule has 1 saturated heterocycles. The van der Waals surface area contributed by atoms with E-state index in [-0.39, 0.29) is 11.6 Å². The Morgan fingerprint density at radius 1 is 1.13 bits per heavy atom.